The van der Waals surface area contributed by atoms with E-state index in [0.29, 0.717) is 0 Å². The average Bonchev–Trinajstić information content (AvgIpc) is 1.72. The highest BCUT2D eigenvalue weighted by Crippen LogP contribution is 1.62. The van der Waals surface area contributed by atoms with Crippen molar-refractivity contribution in [1.82, 2.24) is 5.01 Å². The molecule has 0 atom stereocenters. The summed E-state index contributed by atoms with van der Waals surface area (Å²) in [6.07, 6.45) is 2.93. The molecule has 0 bridgehead atoms. The van der Waals surface area contributed by atoms with Crippen molar-refractivity contribution < 1.29 is 0 Å². The van der Waals surface area contributed by atoms with Crippen LogP contribution in [0.25, 0.3) is 0 Å². The number of nitrogens with two attached hydrogens (primary N) is 2. The first-order valence-electron chi connectivity index (χ1n) is 2.63. The predicted octanol–water partition coefficient (Wildman–Crippen LogP) is 0.248. The summed E-state index contributed by atoms with van der Waals surface area (Å²) in [7, 11) is 1.70. The van der Waals surface area contributed by atoms with Crippen molar-refractivity contribution in [2.75, 3.05) is 7.05 Å². The van der Waals surface area contributed by atoms with E-state index in [0.717, 1.165) is 0 Å². The van der Waals surface area contributed by atoms with E-state index >= 15 is 0 Å². The summed E-state index contributed by atoms with van der Waals surface area (Å²) in [4.78, 5) is 0. The Hall–Kier alpha value is -0.700. The molecule has 0 aliphatic carbocycles. The Labute approximate surface area is 50.9 Å². The SMILES string of the molecule is CC.CN(N)/C=C\N. The smallest absolute Gasteiger partial charge is 0.0306 e. The topological polar surface area (TPSA) is 55.3 Å². The van der Waals surface area contributed by atoms with Crippen LogP contribution in [0.15, 0.2) is 12.4 Å². The maximum atomic E-state index is 5.07. The van der Waals surface area contributed by atoms with E-state index in [1.54, 1.807) is 13.2 Å². The van der Waals surface area contributed by atoms with Crippen LogP contribution >= 0.6 is 0 Å². The molecule has 0 aliphatic rings. The van der Waals surface area contributed by atoms with Crippen molar-refractivity contribution in [3.63, 3.8) is 0 Å². The van der Waals surface area contributed by atoms with Crippen LogP contribution < -0.4 is 11.6 Å². The maximum absolute atomic E-state index is 5.07. The second-order valence-corrected chi connectivity index (χ2v) is 1.01. The van der Waals surface area contributed by atoms with Gasteiger partial charge in [-0.1, -0.05) is 13.8 Å². The van der Waals surface area contributed by atoms with Gasteiger partial charge < -0.3 is 10.7 Å². The normalized spacial score (nSPS) is 8.00. The van der Waals surface area contributed by atoms with E-state index in [-0.39, 0.29) is 0 Å². The molecule has 0 spiro atoms. The summed E-state index contributed by atoms with van der Waals surface area (Å²) in [5.74, 6) is 5.07. The number of rotatable bonds is 1. The average molecular weight is 117 g/mol. The predicted molar refractivity (Wildman–Crippen MR) is 36.6 cm³/mol. The van der Waals surface area contributed by atoms with Crippen molar-refractivity contribution >= 4 is 0 Å². The summed E-state index contributed by atoms with van der Waals surface area (Å²) in [6, 6.07) is 0. The molecule has 50 valence electrons. The molecule has 0 aliphatic heterocycles. The van der Waals surface area contributed by atoms with Crippen LogP contribution in [0.3, 0.4) is 0 Å². The monoisotopic (exact) mass is 117 g/mol. The first-order valence-corrected chi connectivity index (χ1v) is 2.63. The third-order valence-corrected chi connectivity index (χ3v) is 0.321. The van der Waals surface area contributed by atoms with Gasteiger partial charge in [0, 0.05) is 19.4 Å². The zero-order valence-corrected chi connectivity index (χ0v) is 5.76. The van der Waals surface area contributed by atoms with Gasteiger partial charge in [-0.2, -0.15) is 0 Å². The van der Waals surface area contributed by atoms with Crippen molar-refractivity contribution in [3.05, 3.63) is 12.4 Å². The molecule has 3 heteroatoms. The Bertz CT molecular complexity index is 49.6. The molecule has 0 radical (unpaired) electrons. The minimum atomic E-state index is 1.38. The van der Waals surface area contributed by atoms with E-state index in [4.69, 9.17) is 11.6 Å². The molecule has 0 rings (SSSR count). The molecular weight excluding hydrogens is 102 g/mol. The molecule has 0 amide bonds. The summed E-state index contributed by atoms with van der Waals surface area (Å²) in [5.41, 5.74) is 4.93. The fourth-order valence-electron chi connectivity index (χ4n) is 0.136. The van der Waals surface area contributed by atoms with Crippen molar-refractivity contribution in [2.24, 2.45) is 11.6 Å². The van der Waals surface area contributed by atoms with Gasteiger partial charge in [0.2, 0.25) is 0 Å². The highest BCUT2D eigenvalue weighted by Gasteiger charge is 1.66. The third kappa shape index (κ3) is 18.5. The van der Waals surface area contributed by atoms with Crippen LogP contribution in [0.1, 0.15) is 13.8 Å². The molecule has 0 saturated heterocycles. The van der Waals surface area contributed by atoms with E-state index in [1.807, 2.05) is 13.8 Å². The van der Waals surface area contributed by atoms with E-state index in [9.17, 15) is 0 Å². The van der Waals surface area contributed by atoms with Gasteiger partial charge in [-0.05, 0) is 0 Å². The van der Waals surface area contributed by atoms with Crippen LogP contribution in [-0.2, 0) is 0 Å². The largest absolute Gasteiger partial charge is 0.403 e. The van der Waals surface area contributed by atoms with Gasteiger partial charge in [0.15, 0.2) is 0 Å². The van der Waals surface area contributed by atoms with Gasteiger partial charge in [-0.25, -0.2) is 5.84 Å². The summed E-state index contributed by atoms with van der Waals surface area (Å²) < 4.78 is 0. The van der Waals surface area contributed by atoms with Crippen molar-refractivity contribution in [3.8, 4) is 0 Å². The van der Waals surface area contributed by atoms with Crippen molar-refractivity contribution in [2.45, 2.75) is 13.8 Å². The highest BCUT2D eigenvalue weighted by atomic mass is 15.4. The third-order valence-electron chi connectivity index (χ3n) is 0.321. The van der Waals surface area contributed by atoms with Gasteiger partial charge in [0.25, 0.3) is 0 Å². The van der Waals surface area contributed by atoms with Crippen LogP contribution in [0.5, 0.6) is 0 Å². The van der Waals surface area contributed by atoms with E-state index in [1.165, 1.54) is 11.2 Å². The van der Waals surface area contributed by atoms with Gasteiger partial charge in [0.1, 0.15) is 0 Å². The first kappa shape index (κ1) is 10.3. The molecule has 8 heavy (non-hydrogen) atoms. The van der Waals surface area contributed by atoms with Crippen LogP contribution in [0.2, 0.25) is 0 Å². The number of hydrogen-bond acceptors (Lipinski definition) is 3. The lowest BCUT2D eigenvalue weighted by Gasteiger charge is -1.99. The fourth-order valence-corrected chi connectivity index (χ4v) is 0.136. The Morgan fingerprint density at radius 3 is 1.75 bits per heavy atom. The van der Waals surface area contributed by atoms with Gasteiger partial charge in [-0.3, -0.25) is 0 Å². The Morgan fingerprint density at radius 2 is 1.75 bits per heavy atom. The van der Waals surface area contributed by atoms with E-state index in [2.05, 4.69) is 0 Å². The number of nitrogens with zero attached hydrogens (tertiary/aromatic N) is 1. The molecule has 0 unspecified atom stereocenters. The quantitative estimate of drug-likeness (QED) is 0.382. The molecule has 0 aromatic heterocycles. The molecule has 0 fully saturated rings. The highest BCUT2D eigenvalue weighted by molar-refractivity contribution is 4.69. The molecular formula is C5H15N3. The lowest BCUT2D eigenvalue weighted by molar-refractivity contribution is 0.484. The van der Waals surface area contributed by atoms with Crippen LogP contribution in [0.4, 0.5) is 0 Å². The second-order valence-electron chi connectivity index (χ2n) is 1.01. The zero-order valence-electron chi connectivity index (χ0n) is 5.76. The van der Waals surface area contributed by atoms with Crippen LogP contribution in [-0.4, -0.2) is 12.1 Å². The molecule has 0 aromatic rings. The first-order chi connectivity index (χ1) is 3.77. The zero-order chi connectivity index (χ0) is 6.99. The van der Waals surface area contributed by atoms with Gasteiger partial charge in [0.05, 0.1) is 0 Å². The Kier molecular flexibility index (Phi) is 12.3. The number of hydrogen-bond donors (Lipinski definition) is 2. The minimum Gasteiger partial charge on any atom is -0.403 e. The molecule has 0 saturated carbocycles. The Morgan fingerprint density at radius 1 is 1.38 bits per heavy atom. The Balaban J connectivity index is 0. The van der Waals surface area contributed by atoms with Gasteiger partial charge >= 0.3 is 0 Å². The summed E-state index contributed by atoms with van der Waals surface area (Å²) in [6.45, 7) is 4.00. The second kappa shape index (κ2) is 9.57. The van der Waals surface area contributed by atoms with Crippen LogP contribution in [0, 0.1) is 0 Å². The minimum absolute atomic E-state index is 1.38. The molecule has 0 aromatic carbocycles. The lowest BCUT2D eigenvalue weighted by Crippen LogP contribution is -2.18. The van der Waals surface area contributed by atoms with Gasteiger partial charge in [-0.15, -0.1) is 0 Å². The molecule has 3 nitrogen and oxygen atoms in total. The molecule has 4 N–H and O–H groups in total. The number of hydrazine groups is 1. The summed E-state index contributed by atoms with van der Waals surface area (Å²) >= 11 is 0. The lowest BCUT2D eigenvalue weighted by atomic mass is 10.9. The maximum Gasteiger partial charge on any atom is 0.0306 e. The fraction of sp³-hybridized carbons (Fsp3) is 0.600. The summed E-state index contributed by atoms with van der Waals surface area (Å²) in [5, 5.41) is 1.38. The molecule has 0 heterocycles. The van der Waals surface area contributed by atoms with Crippen molar-refractivity contribution in [1.29, 1.82) is 0 Å². The van der Waals surface area contributed by atoms with E-state index < -0.39 is 0 Å². The standard InChI is InChI=1S/C3H9N3.C2H6/c1-6(5)3-2-4;1-2/h2-3H,4-5H2,1H3;1-2H3/b3-2-;.